The van der Waals surface area contributed by atoms with E-state index in [9.17, 15) is 5.11 Å². The summed E-state index contributed by atoms with van der Waals surface area (Å²) in [6.07, 6.45) is 4.24. The van der Waals surface area contributed by atoms with Gasteiger partial charge in [0.2, 0.25) is 0 Å². The van der Waals surface area contributed by atoms with Gasteiger partial charge in [-0.3, -0.25) is 0 Å². The summed E-state index contributed by atoms with van der Waals surface area (Å²) >= 11 is 0. The summed E-state index contributed by atoms with van der Waals surface area (Å²) in [5.74, 6) is 0.842. The molecule has 2 rings (SSSR count). The maximum Gasteiger partial charge on any atom is 0.132 e. The first-order chi connectivity index (χ1) is 9.74. The van der Waals surface area contributed by atoms with E-state index >= 15 is 0 Å². The van der Waals surface area contributed by atoms with E-state index in [1.165, 1.54) is 19.3 Å². The molecule has 2 aromatic rings. The minimum absolute atomic E-state index is 0.509. The van der Waals surface area contributed by atoms with Crippen LogP contribution in [-0.2, 0) is 0 Å². The maximum absolute atomic E-state index is 9.92. The summed E-state index contributed by atoms with van der Waals surface area (Å²) in [5, 5.41) is 12.2. The molecule has 2 nitrogen and oxygen atoms in total. The summed E-state index contributed by atoms with van der Waals surface area (Å²) in [6.45, 7) is 4.71. The predicted molar refractivity (Wildman–Crippen MR) is 84.2 cm³/mol. The zero-order chi connectivity index (χ0) is 14.4. The molecule has 2 aromatic carbocycles. The molecule has 0 spiro atoms. The number of aliphatic hydroxyl groups is 1. The van der Waals surface area contributed by atoms with Gasteiger partial charge in [-0.25, -0.2) is 0 Å². The average molecular weight is 272 g/mol. The van der Waals surface area contributed by atoms with Crippen molar-refractivity contribution in [3.63, 3.8) is 0 Å². The minimum atomic E-state index is -0.509. The largest absolute Gasteiger partial charge is 0.493 e. The second kappa shape index (κ2) is 7.30. The molecular formula is C18H24O2. The fourth-order valence-electron chi connectivity index (χ4n) is 2.45. The first-order valence-electron chi connectivity index (χ1n) is 7.56. The first-order valence-corrected chi connectivity index (χ1v) is 7.56. The van der Waals surface area contributed by atoms with E-state index in [1.807, 2.05) is 24.3 Å². The summed E-state index contributed by atoms with van der Waals surface area (Å²) in [4.78, 5) is 0. The minimum Gasteiger partial charge on any atom is -0.493 e. The van der Waals surface area contributed by atoms with E-state index in [1.54, 1.807) is 6.92 Å². The van der Waals surface area contributed by atoms with E-state index in [4.69, 9.17) is 4.74 Å². The van der Waals surface area contributed by atoms with Crippen molar-refractivity contribution in [3.8, 4) is 5.75 Å². The Hall–Kier alpha value is -1.54. The van der Waals surface area contributed by atoms with Crippen molar-refractivity contribution in [2.24, 2.45) is 0 Å². The summed E-state index contributed by atoms with van der Waals surface area (Å²) < 4.78 is 6.00. The van der Waals surface area contributed by atoms with Crippen molar-refractivity contribution in [2.75, 3.05) is 6.61 Å². The molecule has 0 fully saturated rings. The van der Waals surface area contributed by atoms with Crippen LogP contribution in [0.25, 0.3) is 10.8 Å². The van der Waals surface area contributed by atoms with Crippen LogP contribution in [0.5, 0.6) is 5.75 Å². The molecule has 1 N–H and O–H groups in total. The van der Waals surface area contributed by atoms with E-state index < -0.39 is 6.10 Å². The van der Waals surface area contributed by atoms with Crippen LogP contribution in [0.2, 0.25) is 0 Å². The van der Waals surface area contributed by atoms with Gasteiger partial charge in [0.1, 0.15) is 5.75 Å². The van der Waals surface area contributed by atoms with Gasteiger partial charge in [0.25, 0.3) is 0 Å². The Balaban J connectivity index is 2.21. The molecular weight excluding hydrogens is 248 g/mol. The molecule has 0 aliphatic heterocycles. The third-order valence-electron chi connectivity index (χ3n) is 3.60. The summed E-state index contributed by atoms with van der Waals surface area (Å²) in [6, 6.07) is 12.2. The lowest BCUT2D eigenvalue weighted by Crippen LogP contribution is -2.03. The molecule has 0 amide bonds. The van der Waals surface area contributed by atoms with Crippen LogP contribution in [0.1, 0.15) is 51.2 Å². The van der Waals surface area contributed by atoms with Crippen molar-refractivity contribution >= 4 is 10.8 Å². The normalized spacial score (nSPS) is 12.6. The van der Waals surface area contributed by atoms with Crippen LogP contribution in [0.4, 0.5) is 0 Å². The highest BCUT2D eigenvalue weighted by Crippen LogP contribution is 2.33. The van der Waals surface area contributed by atoms with Gasteiger partial charge in [-0.2, -0.15) is 0 Å². The highest BCUT2D eigenvalue weighted by molar-refractivity contribution is 5.89. The fraction of sp³-hybridized carbons (Fsp3) is 0.444. The zero-order valence-corrected chi connectivity index (χ0v) is 12.4. The molecule has 2 heteroatoms. The van der Waals surface area contributed by atoms with Gasteiger partial charge < -0.3 is 9.84 Å². The van der Waals surface area contributed by atoms with Crippen LogP contribution in [0.3, 0.4) is 0 Å². The Morgan fingerprint density at radius 3 is 2.60 bits per heavy atom. The summed E-state index contributed by atoms with van der Waals surface area (Å²) in [5.41, 5.74) is 0.874. The van der Waals surface area contributed by atoms with Crippen molar-refractivity contribution in [1.29, 1.82) is 0 Å². The monoisotopic (exact) mass is 272 g/mol. The molecule has 0 radical (unpaired) electrons. The molecule has 108 valence electrons. The fourth-order valence-corrected chi connectivity index (χ4v) is 2.45. The smallest absolute Gasteiger partial charge is 0.132 e. The van der Waals surface area contributed by atoms with Gasteiger partial charge in [-0.15, -0.1) is 0 Å². The molecule has 0 unspecified atom stereocenters. The molecule has 0 bridgehead atoms. The first kappa shape index (κ1) is 14.9. The number of hydrogen-bond acceptors (Lipinski definition) is 2. The molecule has 0 saturated heterocycles. The number of ether oxygens (including phenoxy) is 1. The van der Waals surface area contributed by atoms with Gasteiger partial charge in [0.05, 0.1) is 12.7 Å². The van der Waals surface area contributed by atoms with Crippen LogP contribution in [0.15, 0.2) is 36.4 Å². The second-order valence-corrected chi connectivity index (χ2v) is 5.29. The molecule has 0 aliphatic rings. The summed E-state index contributed by atoms with van der Waals surface area (Å²) in [7, 11) is 0. The van der Waals surface area contributed by atoms with Crippen LogP contribution < -0.4 is 4.74 Å². The third-order valence-corrected chi connectivity index (χ3v) is 3.60. The van der Waals surface area contributed by atoms with Crippen LogP contribution in [-0.4, -0.2) is 11.7 Å². The quantitative estimate of drug-likeness (QED) is 0.730. The third kappa shape index (κ3) is 3.51. The van der Waals surface area contributed by atoms with Crippen molar-refractivity contribution < 1.29 is 9.84 Å². The number of hydrogen-bond donors (Lipinski definition) is 1. The van der Waals surface area contributed by atoms with Gasteiger partial charge in [0, 0.05) is 10.9 Å². The number of fused-ring (bicyclic) bond motifs is 1. The Morgan fingerprint density at radius 2 is 1.85 bits per heavy atom. The average Bonchev–Trinajstić information content (AvgIpc) is 2.46. The molecule has 20 heavy (non-hydrogen) atoms. The molecule has 0 aromatic heterocycles. The number of unbranched alkanes of at least 4 members (excludes halogenated alkanes) is 3. The Bertz CT molecular complexity index is 546. The van der Waals surface area contributed by atoms with E-state index in [-0.39, 0.29) is 0 Å². The Labute approximate surface area is 121 Å². The van der Waals surface area contributed by atoms with Crippen molar-refractivity contribution in [2.45, 2.75) is 45.6 Å². The number of aliphatic hydroxyl groups excluding tert-OH is 1. The zero-order valence-electron chi connectivity index (χ0n) is 12.4. The molecule has 1 atom stereocenters. The molecule has 0 aliphatic carbocycles. The molecule has 0 heterocycles. The molecule has 0 saturated carbocycles. The number of benzene rings is 2. The highest BCUT2D eigenvalue weighted by atomic mass is 16.5. The lowest BCUT2D eigenvalue weighted by Gasteiger charge is -2.16. The number of rotatable bonds is 7. The second-order valence-electron chi connectivity index (χ2n) is 5.29. The van der Waals surface area contributed by atoms with Gasteiger partial charge in [-0.05, 0) is 18.7 Å². The Kier molecular flexibility index (Phi) is 5.42. The van der Waals surface area contributed by atoms with E-state index in [2.05, 4.69) is 19.1 Å². The SMILES string of the molecule is CCCCCCOc1c([C@H](C)O)ccc2ccccc12. The lowest BCUT2D eigenvalue weighted by molar-refractivity contribution is 0.191. The van der Waals surface area contributed by atoms with Crippen molar-refractivity contribution in [1.82, 2.24) is 0 Å². The van der Waals surface area contributed by atoms with Gasteiger partial charge >= 0.3 is 0 Å². The van der Waals surface area contributed by atoms with Crippen LogP contribution >= 0.6 is 0 Å². The lowest BCUT2D eigenvalue weighted by atomic mass is 10.0. The van der Waals surface area contributed by atoms with Gasteiger partial charge in [0.15, 0.2) is 0 Å². The highest BCUT2D eigenvalue weighted by Gasteiger charge is 2.12. The standard InChI is InChI=1S/C18H24O2/c1-3-4-5-8-13-20-18-16(14(2)19)12-11-15-9-6-7-10-17(15)18/h6-7,9-12,14,19H,3-5,8,13H2,1-2H3/t14-/m0/s1. The van der Waals surface area contributed by atoms with Crippen LogP contribution in [0, 0.1) is 0 Å². The van der Waals surface area contributed by atoms with E-state index in [0.29, 0.717) is 6.61 Å². The predicted octanol–water partition coefficient (Wildman–Crippen LogP) is 4.85. The van der Waals surface area contributed by atoms with Gasteiger partial charge in [-0.1, -0.05) is 62.6 Å². The topological polar surface area (TPSA) is 29.5 Å². The maximum atomic E-state index is 9.92. The van der Waals surface area contributed by atoms with E-state index in [0.717, 1.165) is 28.5 Å². The Morgan fingerprint density at radius 1 is 1.05 bits per heavy atom. The van der Waals surface area contributed by atoms with Crippen molar-refractivity contribution in [3.05, 3.63) is 42.0 Å².